The minimum Gasteiger partial charge on any atom is -0.483 e. The summed E-state index contributed by atoms with van der Waals surface area (Å²) < 4.78 is 1.98. The van der Waals surface area contributed by atoms with E-state index < -0.39 is 0 Å². The maximum atomic E-state index is 11.9. The molecule has 0 aliphatic carbocycles. The van der Waals surface area contributed by atoms with Gasteiger partial charge in [0.05, 0.1) is 6.54 Å². The van der Waals surface area contributed by atoms with Gasteiger partial charge in [-0.05, 0) is 6.54 Å². The van der Waals surface area contributed by atoms with Gasteiger partial charge in [0.2, 0.25) is 5.91 Å². The lowest BCUT2D eigenvalue weighted by atomic mass is 10.3. The first-order chi connectivity index (χ1) is 12.5. The Kier molecular flexibility index (Phi) is 13.4. The number of carbonyl (C=O) groups is 3. The minimum atomic E-state index is -0.250. The fourth-order valence-corrected chi connectivity index (χ4v) is 2.47. The molecule has 148 valence electrons. The summed E-state index contributed by atoms with van der Waals surface area (Å²) in [6, 6.07) is 0. The van der Waals surface area contributed by atoms with Crippen LogP contribution in [0.25, 0.3) is 0 Å². The van der Waals surface area contributed by atoms with E-state index >= 15 is 0 Å². The predicted octanol–water partition coefficient (Wildman–Crippen LogP) is -0.882. The van der Waals surface area contributed by atoms with Gasteiger partial charge in [-0.2, -0.15) is 0 Å². The molecule has 0 radical (unpaired) electrons. The van der Waals surface area contributed by atoms with E-state index in [2.05, 4.69) is 27.0 Å². The molecule has 2 rings (SSSR count). The average molecular weight is 371 g/mol. The number of carbonyl (C=O) groups excluding carboxylic acids is 1. The summed E-state index contributed by atoms with van der Waals surface area (Å²) in [6.07, 6.45) is 4.48. The van der Waals surface area contributed by atoms with Crippen LogP contribution in [0.4, 0.5) is 0 Å². The normalized spacial score (nSPS) is 14.2. The van der Waals surface area contributed by atoms with Crippen molar-refractivity contribution in [3.05, 3.63) is 18.2 Å². The van der Waals surface area contributed by atoms with Gasteiger partial charge in [-0.1, -0.05) is 6.92 Å². The van der Waals surface area contributed by atoms with Crippen LogP contribution in [0.2, 0.25) is 0 Å². The molecule has 1 aromatic rings. The first-order valence-electron chi connectivity index (χ1n) is 8.35. The SMILES string of the molecule is CCN1CCN(CC(=O)NCCc2nccn2C)CC1.O=CO.O=CO. The number of carboxylic acid groups (broad SMARTS) is 2. The van der Waals surface area contributed by atoms with Crippen molar-refractivity contribution in [3.63, 3.8) is 0 Å². The predicted molar refractivity (Wildman–Crippen MR) is 95.9 cm³/mol. The van der Waals surface area contributed by atoms with Crippen molar-refractivity contribution in [1.29, 1.82) is 0 Å². The summed E-state index contributed by atoms with van der Waals surface area (Å²) in [5, 5.41) is 16.8. The molecule has 0 saturated carbocycles. The van der Waals surface area contributed by atoms with Crippen molar-refractivity contribution in [2.45, 2.75) is 13.3 Å². The van der Waals surface area contributed by atoms with E-state index in [1.165, 1.54) is 0 Å². The lowest BCUT2D eigenvalue weighted by molar-refractivity contribution is -0.123. The lowest BCUT2D eigenvalue weighted by Crippen LogP contribution is -2.49. The number of aromatic nitrogens is 2. The molecule has 26 heavy (non-hydrogen) atoms. The molecule has 0 unspecified atom stereocenters. The molecule has 0 aromatic carbocycles. The highest BCUT2D eigenvalue weighted by Gasteiger charge is 2.17. The largest absolute Gasteiger partial charge is 0.483 e. The molecule has 1 fully saturated rings. The Bertz CT molecular complexity index is 509. The maximum absolute atomic E-state index is 11.9. The number of imidazole rings is 1. The van der Waals surface area contributed by atoms with Gasteiger partial charge in [-0.3, -0.25) is 19.3 Å². The van der Waals surface area contributed by atoms with E-state index in [4.69, 9.17) is 19.8 Å². The first kappa shape index (κ1) is 23.5. The van der Waals surface area contributed by atoms with Crippen molar-refractivity contribution < 1.29 is 24.6 Å². The Labute approximate surface area is 153 Å². The van der Waals surface area contributed by atoms with E-state index in [0.29, 0.717) is 13.1 Å². The van der Waals surface area contributed by atoms with Gasteiger partial charge in [0, 0.05) is 58.6 Å². The standard InChI is InChI=1S/C14H25N5O.2CH2O2/c1-3-18-8-10-19(11-9-18)12-14(20)16-5-4-13-15-6-7-17(13)2;2*2-1-3/h6-7H,3-5,8-12H2,1-2H3,(H,16,20);2*1H,(H,2,3). The second kappa shape index (κ2) is 14.8. The third-order valence-corrected chi connectivity index (χ3v) is 3.87. The van der Waals surface area contributed by atoms with E-state index in [1.54, 1.807) is 6.20 Å². The number of amides is 1. The van der Waals surface area contributed by atoms with Crippen LogP contribution < -0.4 is 5.32 Å². The van der Waals surface area contributed by atoms with Crippen molar-refractivity contribution >= 4 is 18.9 Å². The van der Waals surface area contributed by atoms with Crippen LogP contribution in [0.5, 0.6) is 0 Å². The number of hydrogen-bond acceptors (Lipinski definition) is 6. The lowest BCUT2D eigenvalue weighted by Gasteiger charge is -2.33. The highest BCUT2D eigenvalue weighted by molar-refractivity contribution is 5.78. The van der Waals surface area contributed by atoms with Crippen molar-refractivity contribution in [3.8, 4) is 0 Å². The van der Waals surface area contributed by atoms with E-state index in [0.717, 1.165) is 45.0 Å². The summed E-state index contributed by atoms with van der Waals surface area (Å²) in [7, 11) is 1.97. The number of rotatable bonds is 6. The third kappa shape index (κ3) is 10.4. The zero-order valence-corrected chi connectivity index (χ0v) is 15.4. The van der Waals surface area contributed by atoms with Gasteiger partial charge >= 0.3 is 0 Å². The number of nitrogens with one attached hydrogen (secondary N) is 1. The number of piperazine rings is 1. The van der Waals surface area contributed by atoms with E-state index in [9.17, 15) is 4.79 Å². The topological polar surface area (TPSA) is 128 Å². The van der Waals surface area contributed by atoms with Crippen molar-refractivity contribution in [2.24, 2.45) is 7.05 Å². The number of aryl methyl sites for hydroxylation is 1. The molecule has 0 bridgehead atoms. The molecule has 3 N–H and O–H groups in total. The second-order valence-corrected chi connectivity index (χ2v) is 5.48. The van der Waals surface area contributed by atoms with Crippen LogP contribution in [0, 0.1) is 0 Å². The molecule has 0 atom stereocenters. The summed E-state index contributed by atoms with van der Waals surface area (Å²) in [5.74, 6) is 1.12. The van der Waals surface area contributed by atoms with Crippen LogP contribution in [0.1, 0.15) is 12.7 Å². The molecule has 0 spiro atoms. The van der Waals surface area contributed by atoms with Gasteiger partial charge in [0.1, 0.15) is 5.82 Å². The molecule has 1 aliphatic rings. The molecule has 1 aliphatic heterocycles. The third-order valence-electron chi connectivity index (χ3n) is 3.87. The number of hydrogen-bond donors (Lipinski definition) is 3. The molecular weight excluding hydrogens is 342 g/mol. The fourth-order valence-electron chi connectivity index (χ4n) is 2.47. The fraction of sp³-hybridized carbons (Fsp3) is 0.625. The van der Waals surface area contributed by atoms with Crippen LogP contribution in [0.15, 0.2) is 12.4 Å². The molecular formula is C16H29N5O5. The Morgan fingerprint density at radius 1 is 1.19 bits per heavy atom. The summed E-state index contributed by atoms with van der Waals surface area (Å²) in [6.45, 7) is 8.05. The van der Waals surface area contributed by atoms with Crippen LogP contribution >= 0.6 is 0 Å². The monoisotopic (exact) mass is 371 g/mol. The summed E-state index contributed by atoms with van der Waals surface area (Å²) in [4.78, 5) is 37.5. The Hall–Kier alpha value is -2.46. The molecule has 10 nitrogen and oxygen atoms in total. The Morgan fingerprint density at radius 3 is 2.19 bits per heavy atom. The van der Waals surface area contributed by atoms with Crippen LogP contribution in [-0.4, -0.2) is 94.2 Å². The molecule has 1 saturated heterocycles. The first-order valence-corrected chi connectivity index (χ1v) is 8.35. The van der Waals surface area contributed by atoms with Gasteiger partial charge in [-0.15, -0.1) is 0 Å². The van der Waals surface area contributed by atoms with Crippen LogP contribution in [-0.2, 0) is 27.9 Å². The van der Waals surface area contributed by atoms with Crippen molar-refractivity contribution in [2.75, 3.05) is 45.8 Å². The Morgan fingerprint density at radius 2 is 1.73 bits per heavy atom. The zero-order valence-electron chi connectivity index (χ0n) is 15.4. The van der Waals surface area contributed by atoms with Gasteiger partial charge < -0.3 is 25.0 Å². The molecule has 2 heterocycles. The van der Waals surface area contributed by atoms with Crippen molar-refractivity contribution in [1.82, 2.24) is 24.7 Å². The van der Waals surface area contributed by atoms with E-state index in [1.807, 2.05) is 17.8 Å². The highest BCUT2D eigenvalue weighted by atomic mass is 16.3. The highest BCUT2D eigenvalue weighted by Crippen LogP contribution is 2.00. The average Bonchev–Trinajstić information content (AvgIpc) is 3.02. The number of nitrogens with zero attached hydrogens (tertiary/aromatic N) is 4. The summed E-state index contributed by atoms with van der Waals surface area (Å²) in [5.41, 5.74) is 0. The number of likely N-dealkylation sites (N-methyl/N-ethyl adjacent to an activating group) is 1. The minimum absolute atomic E-state index is 0.115. The second-order valence-electron chi connectivity index (χ2n) is 5.48. The zero-order chi connectivity index (χ0) is 19.8. The van der Waals surface area contributed by atoms with Gasteiger partial charge in [-0.25, -0.2) is 4.98 Å². The summed E-state index contributed by atoms with van der Waals surface area (Å²) >= 11 is 0. The van der Waals surface area contributed by atoms with Gasteiger partial charge in [0.15, 0.2) is 0 Å². The maximum Gasteiger partial charge on any atom is 0.290 e. The Balaban J connectivity index is 0.000000918. The quantitative estimate of drug-likeness (QED) is 0.550. The molecule has 1 amide bonds. The van der Waals surface area contributed by atoms with Gasteiger partial charge in [0.25, 0.3) is 12.9 Å². The smallest absolute Gasteiger partial charge is 0.290 e. The van der Waals surface area contributed by atoms with Crippen LogP contribution in [0.3, 0.4) is 0 Å². The molecule has 10 heteroatoms. The van der Waals surface area contributed by atoms with E-state index in [-0.39, 0.29) is 18.9 Å². The molecule has 1 aromatic heterocycles.